The lowest BCUT2D eigenvalue weighted by atomic mass is 10.2. The zero-order chi connectivity index (χ0) is 10.6. The summed E-state index contributed by atoms with van der Waals surface area (Å²) in [6.07, 6.45) is 3.30. The molecule has 1 rings (SSSR count). The van der Waals surface area contributed by atoms with Crippen molar-refractivity contribution >= 4 is 5.91 Å². The van der Waals surface area contributed by atoms with E-state index in [0.29, 0.717) is 12.5 Å². The molecule has 3 nitrogen and oxygen atoms in total. The van der Waals surface area contributed by atoms with Gasteiger partial charge in [-0.15, -0.1) is 0 Å². The fourth-order valence-electron chi connectivity index (χ4n) is 1.57. The molecule has 82 valence electrons. The third kappa shape index (κ3) is 4.61. The zero-order valence-electron chi connectivity index (χ0n) is 9.47. The van der Waals surface area contributed by atoms with Crippen LogP contribution in [0, 0.1) is 5.92 Å². The first-order chi connectivity index (χ1) is 6.59. The Morgan fingerprint density at radius 1 is 1.36 bits per heavy atom. The Balaban J connectivity index is 1.99. The Morgan fingerprint density at radius 2 is 2.00 bits per heavy atom. The van der Waals surface area contributed by atoms with Gasteiger partial charge in [0.1, 0.15) is 0 Å². The summed E-state index contributed by atoms with van der Waals surface area (Å²) in [5, 5.41) is 6.27. The van der Waals surface area contributed by atoms with Crippen molar-refractivity contribution in [2.45, 2.75) is 52.1 Å². The molecule has 0 spiro atoms. The lowest BCUT2D eigenvalue weighted by Gasteiger charge is -2.13. The SMILES string of the molecule is CC(C)NC(=O)CCNC(C)C1CC1. The molecule has 1 aliphatic carbocycles. The van der Waals surface area contributed by atoms with Gasteiger partial charge in [0.2, 0.25) is 5.91 Å². The Kier molecular flexibility index (Phi) is 4.39. The van der Waals surface area contributed by atoms with Crippen molar-refractivity contribution in [1.29, 1.82) is 0 Å². The number of hydrogen-bond donors (Lipinski definition) is 2. The minimum absolute atomic E-state index is 0.149. The smallest absolute Gasteiger partial charge is 0.221 e. The second-order valence-electron chi connectivity index (χ2n) is 4.55. The Hall–Kier alpha value is -0.570. The van der Waals surface area contributed by atoms with E-state index in [2.05, 4.69) is 17.6 Å². The summed E-state index contributed by atoms with van der Waals surface area (Å²) in [6.45, 7) is 6.98. The van der Waals surface area contributed by atoms with Crippen LogP contribution in [0.5, 0.6) is 0 Å². The summed E-state index contributed by atoms with van der Waals surface area (Å²) in [5.41, 5.74) is 0. The van der Waals surface area contributed by atoms with Crippen LogP contribution in [0.3, 0.4) is 0 Å². The van der Waals surface area contributed by atoms with Gasteiger partial charge in [-0.25, -0.2) is 0 Å². The number of rotatable bonds is 6. The summed E-state index contributed by atoms with van der Waals surface area (Å²) in [5.74, 6) is 1.01. The predicted octanol–water partition coefficient (Wildman–Crippen LogP) is 1.29. The van der Waals surface area contributed by atoms with Gasteiger partial charge in [0.05, 0.1) is 0 Å². The van der Waals surface area contributed by atoms with Gasteiger partial charge in [0.15, 0.2) is 0 Å². The van der Waals surface area contributed by atoms with Gasteiger partial charge in [0, 0.05) is 25.0 Å². The highest BCUT2D eigenvalue weighted by Gasteiger charge is 2.27. The summed E-state index contributed by atoms with van der Waals surface area (Å²) in [6, 6.07) is 0.838. The number of carbonyl (C=O) groups is 1. The van der Waals surface area contributed by atoms with E-state index in [1.165, 1.54) is 12.8 Å². The van der Waals surface area contributed by atoms with Gasteiger partial charge in [-0.2, -0.15) is 0 Å². The Bertz CT molecular complexity index is 188. The topological polar surface area (TPSA) is 41.1 Å². The molecule has 0 radical (unpaired) electrons. The lowest BCUT2D eigenvalue weighted by Crippen LogP contribution is -2.35. The van der Waals surface area contributed by atoms with E-state index in [1.54, 1.807) is 0 Å². The maximum atomic E-state index is 11.3. The van der Waals surface area contributed by atoms with Crippen LogP contribution in [0.25, 0.3) is 0 Å². The predicted molar refractivity (Wildman–Crippen MR) is 58.1 cm³/mol. The number of nitrogens with one attached hydrogen (secondary N) is 2. The van der Waals surface area contributed by atoms with Crippen LogP contribution >= 0.6 is 0 Å². The van der Waals surface area contributed by atoms with Gasteiger partial charge in [-0.05, 0) is 39.5 Å². The van der Waals surface area contributed by atoms with Crippen LogP contribution in [0.4, 0.5) is 0 Å². The normalized spacial score (nSPS) is 18.3. The quantitative estimate of drug-likeness (QED) is 0.675. The number of carbonyl (C=O) groups excluding carboxylic acids is 1. The summed E-state index contributed by atoms with van der Waals surface area (Å²) >= 11 is 0. The zero-order valence-corrected chi connectivity index (χ0v) is 9.47. The molecule has 1 unspecified atom stereocenters. The summed E-state index contributed by atoms with van der Waals surface area (Å²) in [7, 11) is 0. The molecule has 0 saturated heterocycles. The monoisotopic (exact) mass is 198 g/mol. The fourth-order valence-corrected chi connectivity index (χ4v) is 1.57. The molecule has 0 aliphatic heterocycles. The number of hydrogen-bond acceptors (Lipinski definition) is 2. The van der Waals surface area contributed by atoms with E-state index in [4.69, 9.17) is 0 Å². The van der Waals surface area contributed by atoms with Gasteiger partial charge in [-0.1, -0.05) is 0 Å². The molecule has 1 fully saturated rings. The fraction of sp³-hybridized carbons (Fsp3) is 0.909. The van der Waals surface area contributed by atoms with Crippen molar-refractivity contribution in [1.82, 2.24) is 10.6 Å². The average Bonchev–Trinajstić information content (AvgIpc) is 2.84. The van der Waals surface area contributed by atoms with Gasteiger partial charge >= 0.3 is 0 Å². The number of amides is 1. The highest BCUT2D eigenvalue weighted by Crippen LogP contribution is 2.32. The van der Waals surface area contributed by atoms with E-state index in [1.807, 2.05) is 13.8 Å². The van der Waals surface area contributed by atoms with Crippen molar-refractivity contribution in [3.8, 4) is 0 Å². The van der Waals surface area contributed by atoms with Gasteiger partial charge < -0.3 is 10.6 Å². The molecule has 0 aromatic rings. The minimum Gasteiger partial charge on any atom is -0.354 e. The van der Waals surface area contributed by atoms with E-state index in [-0.39, 0.29) is 11.9 Å². The van der Waals surface area contributed by atoms with Gasteiger partial charge in [-0.3, -0.25) is 4.79 Å². The molecule has 1 saturated carbocycles. The average molecular weight is 198 g/mol. The third-order valence-corrected chi connectivity index (χ3v) is 2.60. The first kappa shape index (κ1) is 11.5. The van der Waals surface area contributed by atoms with Crippen LogP contribution < -0.4 is 10.6 Å². The molecule has 0 aromatic heterocycles. The van der Waals surface area contributed by atoms with Crippen LogP contribution in [-0.4, -0.2) is 24.5 Å². The van der Waals surface area contributed by atoms with Crippen molar-refractivity contribution in [3.63, 3.8) is 0 Å². The summed E-state index contributed by atoms with van der Waals surface area (Å²) < 4.78 is 0. The van der Waals surface area contributed by atoms with E-state index >= 15 is 0 Å². The maximum Gasteiger partial charge on any atom is 0.221 e. The maximum absolute atomic E-state index is 11.3. The third-order valence-electron chi connectivity index (χ3n) is 2.60. The molecule has 1 aliphatic rings. The van der Waals surface area contributed by atoms with Gasteiger partial charge in [0.25, 0.3) is 0 Å². The van der Waals surface area contributed by atoms with Crippen molar-refractivity contribution in [2.24, 2.45) is 5.92 Å². The van der Waals surface area contributed by atoms with Crippen molar-refractivity contribution in [3.05, 3.63) is 0 Å². The highest BCUT2D eigenvalue weighted by atomic mass is 16.1. The molecule has 0 bridgehead atoms. The van der Waals surface area contributed by atoms with Crippen LogP contribution in [0.15, 0.2) is 0 Å². The molecule has 1 atom stereocenters. The van der Waals surface area contributed by atoms with Crippen molar-refractivity contribution in [2.75, 3.05) is 6.54 Å². The molecule has 3 heteroatoms. The van der Waals surface area contributed by atoms with E-state index in [9.17, 15) is 4.79 Å². The second-order valence-corrected chi connectivity index (χ2v) is 4.55. The summed E-state index contributed by atoms with van der Waals surface area (Å²) in [4.78, 5) is 11.3. The van der Waals surface area contributed by atoms with Crippen molar-refractivity contribution < 1.29 is 4.79 Å². The highest BCUT2D eigenvalue weighted by molar-refractivity contribution is 5.76. The Morgan fingerprint density at radius 3 is 2.50 bits per heavy atom. The molecular formula is C11H22N2O. The minimum atomic E-state index is 0.149. The van der Waals surface area contributed by atoms with E-state index < -0.39 is 0 Å². The Labute approximate surface area is 86.6 Å². The van der Waals surface area contributed by atoms with E-state index in [0.717, 1.165) is 12.5 Å². The molecule has 0 heterocycles. The standard InChI is InChI=1S/C11H22N2O/c1-8(2)13-11(14)6-7-12-9(3)10-4-5-10/h8-10,12H,4-7H2,1-3H3,(H,13,14). The first-order valence-electron chi connectivity index (χ1n) is 5.62. The van der Waals surface area contributed by atoms with Crippen LogP contribution in [0.2, 0.25) is 0 Å². The molecule has 0 aromatic carbocycles. The molecule has 14 heavy (non-hydrogen) atoms. The van der Waals surface area contributed by atoms with Crippen LogP contribution in [-0.2, 0) is 4.79 Å². The molecular weight excluding hydrogens is 176 g/mol. The largest absolute Gasteiger partial charge is 0.354 e. The lowest BCUT2D eigenvalue weighted by molar-refractivity contribution is -0.121. The first-order valence-corrected chi connectivity index (χ1v) is 5.62. The molecule has 2 N–H and O–H groups in total. The molecule has 1 amide bonds. The van der Waals surface area contributed by atoms with Crippen LogP contribution in [0.1, 0.15) is 40.0 Å². The second kappa shape index (κ2) is 5.35.